The summed E-state index contributed by atoms with van der Waals surface area (Å²) in [5.41, 5.74) is 3.17. The van der Waals surface area contributed by atoms with Crippen LogP contribution < -0.4 is 15.2 Å². The zero-order valence-electron chi connectivity index (χ0n) is 17.6. The Balaban J connectivity index is 1.71. The van der Waals surface area contributed by atoms with E-state index in [9.17, 15) is 9.59 Å². The monoisotopic (exact) mass is 404 g/mol. The van der Waals surface area contributed by atoms with Gasteiger partial charge in [0.2, 0.25) is 5.91 Å². The first-order valence-corrected chi connectivity index (χ1v) is 10.6. The van der Waals surface area contributed by atoms with Crippen molar-refractivity contribution >= 4 is 22.5 Å². The van der Waals surface area contributed by atoms with E-state index >= 15 is 0 Å². The van der Waals surface area contributed by atoms with E-state index in [4.69, 9.17) is 4.74 Å². The molecule has 1 aromatic heterocycles. The molecule has 1 heterocycles. The van der Waals surface area contributed by atoms with Crippen LogP contribution in [-0.4, -0.2) is 18.0 Å². The molecule has 0 unspecified atom stereocenters. The van der Waals surface area contributed by atoms with Crippen molar-refractivity contribution in [3.05, 3.63) is 70.0 Å². The Morgan fingerprint density at radius 3 is 2.50 bits per heavy atom. The zero-order valence-corrected chi connectivity index (χ0v) is 17.6. The van der Waals surface area contributed by atoms with E-state index in [1.54, 1.807) is 12.0 Å². The molecule has 1 N–H and O–H groups in total. The van der Waals surface area contributed by atoms with Crippen molar-refractivity contribution in [2.24, 2.45) is 5.92 Å². The predicted molar refractivity (Wildman–Crippen MR) is 120 cm³/mol. The van der Waals surface area contributed by atoms with Gasteiger partial charge in [-0.25, -0.2) is 0 Å². The normalized spacial score (nSPS) is 14.6. The summed E-state index contributed by atoms with van der Waals surface area (Å²) in [5.74, 6) is 0.856. The number of aromatic nitrogens is 1. The number of H-pyrrole nitrogens is 1. The number of carbonyl (C=O) groups excluding carboxylic acids is 1. The Morgan fingerprint density at radius 2 is 1.80 bits per heavy atom. The number of amides is 1. The van der Waals surface area contributed by atoms with Gasteiger partial charge in [0.05, 0.1) is 13.7 Å². The fraction of sp³-hybridized carbons (Fsp3) is 0.360. The van der Waals surface area contributed by atoms with Crippen LogP contribution in [0.3, 0.4) is 0 Å². The van der Waals surface area contributed by atoms with Gasteiger partial charge in [0.15, 0.2) is 0 Å². The van der Waals surface area contributed by atoms with Crippen molar-refractivity contribution in [1.29, 1.82) is 0 Å². The minimum atomic E-state index is -0.152. The third-order valence-electron chi connectivity index (χ3n) is 6.01. The van der Waals surface area contributed by atoms with Crippen LogP contribution >= 0.6 is 0 Å². The number of rotatable bonds is 5. The quantitative estimate of drug-likeness (QED) is 0.654. The zero-order chi connectivity index (χ0) is 21.1. The molecule has 0 saturated heterocycles. The molecule has 0 aliphatic heterocycles. The standard InChI is InChI=1S/C25H28N2O3/c1-17-8-13-23-19(14-17)15-20(24(28)26-23)16-27(21-9-11-22(30-2)12-10-21)25(29)18-6-4-3-5-7-18/h8-15,18H,3-7,16H2,1-2H3,(H,26,28). The van der Waals surface area contributed by atoms with Crippen molar-refractivity contribution in [3.8, 4) is 5.75 Å². The molecular weight excluding hydrogens is 376 g/mol. The van der Waals surface area contributed by atoms with Gasteiger partial charge in [0, 0.05) is 22.7 Å². The van der Waals surface area contributed by atoms with Gasteiger partial charge in [-0.2, -0.15) is 0 Å². The average molecular weight is 405 g/mol. The molecule has 1 aliphatic carbocycles. The number of nitrogens with one attached hydrogen (secondary N) is 1. The highest BCUT2D eigenvalue weighted by molar-refractivity contribution is 5.95. The molecule has 4 rings (SSSR count). The minimum Gasteiger partial charge on any atom is -0.497 e. The van der Waals surface area contributed by atoms with Crippen LogP contribution in [-0.2, 0) is 11.3 Å². The molecule has 1 saturated carbocycles. The number of pyridine rings is 1. The van der Waals surface area contributed by atoms with Gasteiger partial charge in [-0.3, -0.25) is 9.59 Å². The summed E-state index contributed by atoms with van der Waals surface area (Å²) in [6.45, 7) is 2.28. The molecule has 1 amide bonds. The third-order valence-corrected chi connectivity index (χ3v) is 6.01. The number of fused-ring (bicyclic) bond motifs is 1. The Kier molecular flexibility index (Phi) is 5.88. The van der Waals surface area contributed by atoms with E-state index in [2.05, 4.69) is 11.1 Å². The first-order chi connectivity index (χ1) is 14.5. The van der Waals surface area contributed by atoms with Crippen molar-refractivity contribution in [1.82, 2.24) is 4.98 Å². The molecule has 5 nitrogen and oxygen atoms in total. The van der Waals surface area contributed by atoms with Gasteiger partial charge in [-0.1, -0.05) is 30.9 Å². The smallest absolute Gasteiger partial charge is 0.253 e. The molecule has 2 aromatic carbocycles. The molecule has 0 bridgehead atoms. The lowest BCUT2D eigenvalue weighted by molar-refractivity contribution is -0.123. The summed E-state index contributed by atoms with van der Waals surface area (Å²) in [5, 5.41) is 0.976. The second-order valence-electron chi connectivity index (χ2n) is 8.17. The maximum atomic E-state index is 13.5. The first-order valence-electron chi connectivity index (χ1n) is 10.6. The van der Waals surface area contributed by atoms with Crippen LogP contribution in [0.15, 0.2) is 53.3 Å². The maximum Gasteiger partial charge on any atom is 0.253 e. The van der Waals surface area contributed by atoms with Crippen molar-refractivity contribution in [2.45, 2.75) is 45.6 Å². The fourth-order valence-corrected chi connectivity index (χ4v) is 4.29. The first kappa shape index (κ1) is 20.2. The van der Waals surface area contributed by atoms with Crippen LogP contribution in [0, 0.1) is 12.8 Å². The summed E-state index contributed by atoms with van der Waals surface area (Å²) in [6.07, 6.45) is 5.19. The number of methoxy groups -OCH3 is 1. The maximum absolute atomic E-state index is 13.5. The lowest BCUT2D eigenvalue weighted by atomic mass is 9.88. The van der Waals surface area contributed by atoms with Crippen LogP contribution in [0.5, 0.6) is 5.75 Å². The van der Waals surface area contributed by atoms with Crippen molar-refractivity contribution in [3.63, 3.8) is 0 Å². The van der Waals surface area contributed by atoms with Gasteiger partial charge in [-0.15, -0.1) is 0 Å². The van der Waals surface area contributed by atoms with E-state index in [0.717, 1.165) is 53.6 Å². The highest BCUT2D eigenvalue weighted by Crippen LogP contribution is 2.29. The van der Waals surface area contributed by atoms with Crippen LogP contribution in [0.2, 0.25) is 0 Å². The summed E-state index contributed by atoms with van der Waals surface area (Å²) in [7, 11) is 1.62. The molecule has 30 heavy (non-hydrogen) atoms. The van der Waals surface area contributed by atoms with Crippen molar-refractivity contribution in [2.75, 3.05) is 12.0 Å². The number of anilines is 1. The Bertz CT molecular complexity index is 1100. The molecule has 0 spiro atoms. The van der Waals surface area contributed by atoms with Gasteiger partial charge in [0.25, 0.3) is 5.56 Å². The lowest BCUT2D eigenvalue weighted by Crippen LogP contribution is -2.38. The SMILES string of the molecule is COc1ccc(N(Cc2cc3cc(C)ccc3[nH]c2=O)C(=O)C2CCCCC2)cc1. The van der Waals surface area contributed by atoms with Gasteiger partial charge in [0.1, 0.15) is 5.75 Å². The topological polar surface area (TPSA) is 62.4 Å². The summed E-state index contributed by atoms with van der Waals surface area (Å²) in [4.78, 5) is 31.0. The number of aryl methyl sites for hydroxylation is 1. The largest absolute Gasteiger partial charge is 0.497 e. The van der Waals surface area contributed by atoms with E-state index in [1.165, 1.54) is 6.42 Å². The number of aromatic amines is 1. The second-order valence-corrected chi connectivity index (χ2v) is 8.17. The Morgan fingerprint density at radius 1 is 1.07 bits per heavy atom. The number of hydrogen-bond donors (Lipinski definition) is 1. The second kappa shape index (κ2) is 8.74. The molecule has 1 aliphatic rings. The van der Waals surface area contributed by atoms with E-state index in [0.29, 0.717) is 5.56 Å². The molecule has 3 aromatic rings. The molecule has 156 valence electrons. The molecule has 0 radical (unpaired) electrons. The predicted octanol–water partition coefficient (Wildman–Crippen LogP) is 4.96. The molecule has 5 heteroatoms. The Labute approximate surface area is 176 Å². The van der Waals surface area contributed by atoms with Gasteiger partial charge in [-0.05, 0) is 67.6 Å². The highest BCUT2D eigenvalue weighted by Gasteiger charge is 2.27. The average Bonchev–Trinajstić information content (AvgIpc) is 2.78. The van der Waals surface area contributed by atoms with Crippen LogP contribution in [0.1, 0.15) is 43.2 Å². The molecule has 1 fully saturated rings. The number of carbonyl (C=O) groups is 1. The van der Waals surface area contributed by atoms with Crippen LogP contribution in [0.25, 0.3) is 10.9 Å². The summed E-state index contributed by atoms with van der Waals surface area (Å²) in [6, 6.07) is 15.3. The van der Waals surface area contributed by atoms with Gasteiger partial charge < -0.3 is 14.6 Å². The van der Waals surface area contributed by atoms with E-state index in [-0.39, 0.29) is 23.9 Å². The van der Waals surface area contributed by atoms with Gasteiger partial charge >= 0.3 is 0 Å². The highest BCUT2D eigenvalue weighted by atomic mass is 16.5. The summed E-state index contributed by atoms with van der Waals surface area (Å²) < 4.78 is 5.26. The number of benzene rings is 2. The number of hydrogen-bond acceptors (Lipinski definition) is 3. The molecule has 0 atom stereocenters. The Hall–Kier alpha value is -3.08. The fourth-order valence-electron chi connectivity index (χ4n) is 4.29. The van der Waals surface area contributed by atoms with E-state index in [1.807, 2.05) is 49.4 Å². The number of ether oxygens (including phenoxy) is 1. The van der Waals surface area contributed by atoms with E-state index < -0.39 is 0 Å². The van der Waals surface area contributed by atoms with Crippen LogP contribution in [0.4, 0.5) is 5.69 Å². The lowest BCUT2D eigenvalue weighted by Gasteiger charge is -2.29. The van der Waals surface area contributed by atoms with Crippen molar-refractivity contribution < 1.29 is 9.53 Å². The number of nitrogens with zero attached hydrogens (tertiary/aromatic N) is 1. The summed E-state index contributed by atoms with van der Waals surface area (Å²) >= 11 is 0. The molecular formula is C25H28N2O3. The minimum absolute atomic E-state index is 0.0163. The third kappa shape index (κ3) is 4.25.